The summed E-state index contributed by atoms with van der Waals surface area (Å²) in [7, 11) is 0. The van der Waals surface area contributed by atoms with Crippen molar-refractivity contribution in [1.82, 2.24) is 10.2 Å². The van der Waals surface area contributed by atoms with Crippen molar-refractivity contribution in [2.45, 2.75) is 52.0 Å². The molecule has 5 heteroatoms. The zero-order valence-corrected chi connectivity index (χ0v) is 12.1. The van der Waals surface area contributed by atoms with E-state index < -0.39 is 0 Å². The van der Waals surface area contributed by atoms with Crippen LogP contribution >= 0.6 is 0 Å². The van der Waals surface area contributed by atoms with Crippen LogP contribution < -0.4 is 5.32 Å². The summed E-state index contributed by atoms with van der Waals surface area (Å²) in [4.78, 5) is 25.0. The van der Waals surface area contributed by atoms with Crippen LogP contribution in [0.4, 0.5) is 0 Å². The van der Waals surface area contributed by atoms with Crippen LogP contribution in [-0.4, -0.2) is 49.1 Å². The molecule has 1 aliphatic rings. The van der Waals surface area contributed by atoms with E-state index in [1.165, 1.54) is 6.92 Å². The molecule has 1 aliphatic heterocycles. The summed E-state index contributed by atoms with van der Waals surface area (Å²) in [5, 5.41) is 2.72. The number of ether oxygens (including phenoxy) is 1. The average molecular weight is 270 g/mol. The maximum absolute atomic E-state index is 12.2. The first-order valence-electron chi connectivity index (χ1n) is 7.26. The third kappa shape index (κ3) is 6.05. The van der Waals surface area contributed by atoms with Crippen molar-refractivity contribution in [3.8, 4) is 0 Å². The lowest BCUT2D eigenvalue weighted by atomic mass is 10.1. The number of hydrogen-bond acceptors (Lipinski definition) is 3. The Balaban J connectivity index is 2.36. The molecule has 0 bridgehead atoms. The third-order valence-corrected chi connectivity index (χ3v) is 3.36. The fourth-order valence-corrected chi connectivity index (χ4v) is 2.40. The topological polar surface area (TPSA) is 58.6 Å². The second-order valence-corrected chi connectivity index (χ2v) is 5.02. The highest BCUT2D eigenvalue weighted by atomic mass is 16.5. The van der Waals surface area contributed by atoms with Gasteiger partial charge < -0.3 is 15.0 Å². The standard InChI is InChI=1S/C14H26N2O3/c1-3-9-16(13-6-10-19-11-7-13)14(18)5-4-8-15-12(2)17/h13H,3-11H2,1-2H3,(H,15,17). The van der Waals surface area contributed by atoms with Crippen molar-refractivity contribution in [3.05, 3.63) is 0 Å². The Bertz CT molecular complexity index is 288. The van der Waals surface area contributed by atoms with Crippen LogP contribution in [0.3, 0.4) is 0 Å². The second-order valence-electron chi connectivity index (χ2n) is 5.02. The van der Waals surface area contributed by atoms with E-state index >= 15 is 0 Å². The van der Waals surface area contributed by atoms with Crippen molar-refractivity contribution in [3.63, 3.8) is 0 Å². The highest BCUT2D eigenvalue weighted by Gasteiger charge is 2.24. The first kappa shape index (κ1) is 16.0. The molecule has 0 radical (unpaired) electrons. The molecule has 19 heavy (non-hydrogen) atoms. The van der Waals surface area contributed by atoms with Gasteiger partial charge in [0.1, 0.15) is 0 Å². The van der Waals surface area contributed by atoms with Crippen molar-refractivity contribution < 1.29 is 14.3 Å². The van der Waals surface area contributed by atoms with Gasteiger partial charge in [-0.1, -0.05) is 6.92 Å². The average Bonchev–Trinajstić information content (AvgIpc) is 2.41. The van der Waals surface area contributed by atoms with E-state index in [1.807, 2.05) is 4.90 Å². The fraction of sp³-hybridized carbons (Fsp3) is 0.857. The van der Waals surface area contributed by atoms with Gasteiger partial charge in [-0.15, -0.1) is 0 Å². The maximum atomic E-state index is 12.2. The molecule has 0 aromatic carbocycles. The van der Waals surface area contributed by atoms with Gasteiger partial charge in [-0.2, -0.15) is 0 Å². The molecule has 0 unspecified atom stereocenters. The van der Waals surface area contributed by atoms with Gasteiger partial charge in [0.25, 0.3) is 0 Å². The molecule has 1 heterocycles. The highest BCUT2D eigenvalue weighted by Crippen LogP contribution is 2.16. The first-order valence-corrected chi connectivity index (χ1v) is 7.26. The summed E-state index contributed by atoms with van der Waals surface area (Å²) in [5.41, 5.74) is 0. The van der Waals surface area contributed by atoms with Gasteiger partial charge in [0.15, 0.2) is 0 Å². The number of rotatable bonds is 7. The van der Waals surface area contributed by atoms with E-state index in [9.17, 15) is 9.59 Å². The number of carbonyl (C=O) groups is 2. The normalized spacial score (nSPS) is 16.1. The molecule has 1 fully saturated rings. The van der Waals surface area contributed by atoms with Gasteiger partial charge in [-0.3, -0.25) is 9.59 Å². The Labute approximate surface area is 115 Å². The van der Waals surface area contributed by atoms with Gasteiger partial charge >= 0.3 is 0 Å². The van der Waals surface area contributed by atoms with Crippen molar-refractivity contribution in [2.75, 3.05) is 26.3 Å². The molecule has 0 aliphatic carbocycles. The van der Waals surface area contributed by atoms with Crippen LogP contribution in [0.1, 0.15) is 46.0 Å². The van der Waals surface area contributed by atoms with E-state index in [0.29, 0.717) is 25.4 Å². The van der Waals surface area contributed by atoms with Crippen molar-refractivity contribution in [1.29, 1.82) is 0 Å². The lowest BCUT2D eigenvalue weighted by molar-refractivity contribution is -0.135. The quantitative estimate of drug-likeness (QED) is 0.710. The summed E-state index contributed by atoms with van der Waals surface area (Å²) in [5.74, 6) is 0.168. The monoisotopic (exact) mass is 270 g/mol. The van der Waals surface area contributed by atoms with Crippen LogP contribution in [0.2, 0.25) is 0 Å². The van der Waals surface area contributed by atoms with Gasteiger partial charge in [0.05, 0.1) is 0 Å². The summed E-state index contributed by atoms with van der Waals surface area (Å²) >= 11 is 0. The highest BCUT2D eigenvalue weighted by molar-refractivity contribution is 5.76. The SMILES string of the molecule is CCCN(C(=O)CCCNC(C)=O)C1CCOCC1. The molecule has 1 rings (SSSR count). The molecule has 2 amide bonds. The minimum Gasteiger partial charge on any atom is -0.381 e. The first-order chi connectivity index (χ1) is 9.15. The minimum absolute atomic E-state index is 0.0395. The van der Waals surface area contributed by atoms with Gasteiger partial charge in [0.2, 0.25) is 11.8 Å². The number of carbonyl (C=O) groups excluding carboxylic acids is 2. The van der Waals surface area contributed by atoms with Crippen LogP contribution in [0.15, 0.2) is 0 Å². The third-order valence-electron chi connectivity index (χ3n) is 3.36. The van der Waals surface area contributed by atoms with Crippen molar-refractivity contribution in [2.24, 2.45) is 0 Å². The molecule has 1 saturated heterocycles. The minimum atomic E-state index is -0.0395. The number of amides is 2. The summed E-state index contributed by atoms with van der Waals surface area (Å²) in [6.45, 7) is 6.50. The smallest absolute Gasteiger partial charge is 0.222 e. The van der Waals surface area contributed by atoms with E-state index in [4.69, 9.17) is 4.74 Å². The van der Waals surface area contributed by atoms with E-state index in [-0.39, 0.29) is 11.8 Å². The molecule has 1 N–H and O–H groups in total. The van der Waals surface area contributed by atoms with E-state index in [1.54, 1.807) is 0 Å². The van der Waals surface area contributed by atoms with Crippen LogP contribution in [-0.2, 0) is 14.3 Å². The molecule has 0 aromatic heterocycles. The molecular formula is C14H26N2O3. The Hall–Kier alpha value is -1.10. The number of nitrogens with zero attached hydrogens (tertiary/aromatic N) is 1. The van der Waals surface area contributed by atoms with E-state index in [2.05, 4.69) is 12.2 Å². The Kier molecular flexibility index (Phi) is 7.48. The summed E-state index contributed by atoms with van der Waals surface area (Å²) in [6, 6.07) is 0.335. The van der Waals surface area contributed by atoms with Gasteiger partial charge in [-0.05, 0) is 25.7 Å². The zero-order chi connectivity index (χ0) is 14.1. The van der Waals surface area contributed by atoms with Gasteiger partial charge in [-0.25, -0.2) is 0 Å². The van der Waals surface area contributed by atoms with E-state index in [0.717, 1.165) is 39.0 Å². The lowest BCUT2D eigenvalue weighted by Crippen LogP contribution is -2.44. The Morgan fingerprint density at radius 2 is 2.00 bits per heavy atom. The molecule has 110 valence electrons. The Morgan fingerprint density at radius 3 is 2.58 bits per heavy atom. The number of hydrogen-bond donors (Lipinski definition) is 1. The molecule has 0 aromatic rings. The Morgan fingerprint density at radius 1 is 1.32 bits per heavy atom. The molecular weight excluding hydrogens is 244 g/mol. The molecule has 0 spiro atoms. The summed E-state index contributed by atoms with van der Waals surface area (Å²) < 4.78 is 5.35. The predicted octanol–water partition coefficient (Wildman–Crippen LogP) is 1.32. The predicted molar refractivity (Wildman–Crippen MR) is 73.8 cm³/mol. The van der Waals surface area contributed by atoms with Crippen LogP contribution in [0.25, 0.3) is 0 Å². The maximum Gasteiger partial charge on any atom is 0.222 e. The zero-order valence-electron chi connectivity index (χ0n) is 12.1. The summed E-state index contributed by atoms with van der Waals surface area (Å²) in [6.07, 6.45) is 4.09. The van der Waals surface area contributed by atoms with Crippen LogP contribution in [0, 0.1) is 0 Å². The largest absolute Gasteiger partial charge is 0.381 e. The molecule has 5 nitrogen and oxygen atoms in total. The molecule has 0 atom stereocenters. The fourth-order valence-electron chi connectivity index (χ4n) is 2.40. The van der Waals surface area contributed by atoms with Crippen LogP contribution in [0.5, 0.6) is 0 Å². The lowest BCUT2D eigenvalue weighted by Gasteiger charge is -2.34. The van der Waals surface area contributed by atoms with Crippen molar-refractivity contribution >= 4 is 11.8 Å². The molecule has 0 saturated carbocycles. The second kappa shape index (κ2) is 8.91. The van der Waals surface area contributed by atoms with Gasteiger partial charge in [0, 0.05) is 45.7 Å². The number of nitrogens with one attached hydrogen (secondary N) is 1.